The summed E-state index contributed by atoms with van der Waals surface area (Å²) in [5, 5.41) is 4.10. The second-order valence-corrected chi connectivity index (χ2v) is 11.4. The Kier molecular flexibility index (Phi) is 9.35. The summed E-state index contributed by atoms with van der Waals surface area (Å²) in [7, 11) is 0. The first-order valence-corrected chi connectivity index (χ1v) is 14.6. The number of aromatic nitrogens is 1. The van der Waals surface area contributed by atoms with Crippen molar-refractivity contribution in [3.05, 3.63) is 110 Å². The van der Waals surface area contributed by atoms with Gasteiger partial charge in [0.15, 0.2) is 0 Å². The van der Waals surface area contributed by atoms with Crippen LogP contribution in [0, 0.1) is 18.6 Å². The van der Waals surface area contributed by atoms with Crippen LogP contribution in [0.4, 0.5) is 8.78 Å². The lowest BCUT2D eigenvalue weighted by atomic mass is 10.0. The van der Waals surface area contributed by atoms with Crippen molar-refractivity contribution in [2.75, 3.05) is 39.3 Å². The minimum atomic E-state index is -0.620. The normalized spacial score (nSPS) is 13.8. The standard InChI is InChI=1S/C31H28BrClF2N4O3/c1-20-27(29(36-42-20)28-25(33)6-3-7-26(28)35)31(41)39(19-21-8-10-24(34)11-9-21)17-14-37-12-15-38(16-13-37)30(40)22-4-2-5-23(32)18-22/h2-11,18H,12-17,19H2,1H3. The average Bonchev–Trinajstić information content (AvgIpc) is 3.36. The van der Waals surface area contributed by atoms with Gasteiger partial charge in [-0.15, -0.1) is 0 Å². The van der Waals surface area contributed by atoms with Crippen LogP contribution < -0.4 is 0 Å². The zero-order chi connectivity index (χ0) is 29.8. The van der Waals surface area contributed by atoms with Gasteiger partial charge in [0.2, 0.25) is 0 Å². The van der Waals surface area contributed by atoms with Crippen LogP contribution >= 0.6 is 27.5 Å². The summed E-state index contributed by atoms with van der Waals surface area (Å²) in [5.74, 6) is -1.19. The number of carbonyl (C=O) groups excluding carboxylic acids is 2. The molecule has 0 bridgehead atoms. The van der Waals surface area contributed by atoms with Crippen molar-refractivity contribution in [2.24, 2.45) is 0 Å². The number of nitrogens with zero attached hydrogens (tertiary/aromatic N) is 4. The molecular formula is C31H28BrClF2N4O3. The van der Waals surface area contributed by atoms with Crippen molar-refractivity contribution in [1.82, 2.24) is 19.9 Å². The molecular weight excluding hydrogens is 630 g/mol. The van der Waals surface area contributed by atoms with E-state index in [1.54, 1.807) is 30.0 Å². The molecule has 1 saturated heterocycles. The number of carbonyl (C=O) groups is 2. The van der Waals surface area contributed by atoms with Crippen LogP contribution in [-0.4, -0.2) is 70.9 Å². The summed E-state index contributed by atoms with van der Waals surface area (Å²) in [5.41, 5.74) is 1.50. The monoisotopic (exact) mass is 656 g/mol. The lowest BCUT2D eigenvalue weighted by Crippen LogP contribution is -2.50. The highest BCUT2D eigenvalue weighted by Gasteiger charge is 2.30. The van der Waals surface area contributed by atoms with Crippen LogP contribution in [0.3, 0.4) is 0 Å². The van der Waals surface area contributed by atoms with Crippen molar-refractivity contribution < 1.29 is 22.9 Å². The van der Waals surface area contributed by atoms with Gasteiger partial charge in [0.05, 0.1) is 10.6 Å². The summed E-state index contributed by atoms with van der Waals surface area (Å²) in [4.78, 5) is 32.6. The molecule has 4 aromatic rings. The van der Waals surface area contributed by atoms with Gasteiger partial charge in [-0.3, -0.25) is 14.5 Å². The molecule has 0 saturated carbocycles. The topological polar surface area (TPSA) is 69.9 Å². The summed E-state index contributed by atoms with van der Waals surface area (Å²) in [6, 6.07) is 17.5. The molecule has 1 aliphatic rings. The fraction of sp³-hybridized carbons (Fsp3) is 0.258. The number of piperazine rings is 1. The Bertz CT molecular complexity index is 1570. The Labute approximate surface area is 255 Å². The number of rotatable bonds is 8. The molecule has 0 atom stereocenters. The average molecular weight is 658 g/mol. The van der Waals surface area contributed by atoms with Crippen LogP contribution in [0.25, 0.3) is 11.3 Å². The van der Waals surface area contributed by atoms with Crippen molar-refractivity contribution in [3.63, 3.8) is 0 Å². The molecule has 5 rings (SSSR count). The zero-order valence-corrected chi connectivity index (χ0v) is 25.2. The van der Waals surface area contributed by atoms with Gasteiger partial charge in [-0.25, -0.2) is 8.78 Å². The predicted octanol–water partition coefficient (Wildman–Crippen LogP) is 6.44. The van der Waals surface area contributed by atoms with Gasteiger partial charge in [-0.05, 0) is 55.0 Å². The van der Waals surface area contributed by atoms with Crippen molar-refractivity contribution >= 4 is 39.3 Å². The van der Waals surface area contributed by atoms with Crippen LogP contribution in [0.2, 0.25) is 5.02 Å². The van der Waals surface area contributed by atoms with Crippen LogP contribution in [0.1, 0.15) is 32.0 Å². The summed E-state index contributed by atoms with van der Waals surface area (Å²) in [6.07, 6.45) is 0. The predicted molar refractivity (Wildman–Crippen MR) is 159 cm³/mol. The molecule has 2 heterocycles. The van der Waals surface area contributed by atoms with Crippen LogP contribution in [0.5, 0.6) is 0 Å². The van der Waals surface area contributed by atoms with E-state index in [0.717, 1.165) is 10.0 Å². The molecule has 3 aromatic carbocycles. The number of hydrogen-bond donors (Lipinski definition) is 0. The number of hydrogen-bond acceptors (Lipinski definition) is 5. The number of amides is 2. The third-order valence-electron chi connectivity index (χ3n) is 7.27. The molecule has 0 N–H and O–H groups in total. The molecule has 1 aromatic heterocycles. The lowest BCUT2D eigenvalue weighted by Gasteiger charge is -2.36. The Morgan fingerprint density at radius 1 is 1.02 bits per heavy atom. The largest absolute Gasteiger partial charge is 0.360 e. The van der Waals surface area contributed by atoms with Gasteiger partial charge in [0.1, 0.15) is 28.7 Å². The van der Waals surface area contributed by atoms with Gasteiger partial charge in [-0.1, -0.05) is 57.0 Å². The highest BCUT2D eigenvalue weighted by atomic mass is 79.9. The Morgan fingerprint density at radius 3 is 2.43 bits per heavy atom. The molecule has 0 spiro atoms. The molecule has 0 radical (unpaired) electrons. The van der Waals surface area contributed by atoms with Gasteiger partial charge in [0.25, 0.3) is 11.8 Å². The quantitative estimate of drug-likeness (QED) is 0.218. The van der Waals surface area contributed by atoms with E-state index in [2.05, 4.69) is 26.0 Å². The summed E-state index contributed by atoms with van der Waals surface area (Å²) < 4.78 is 34.6. The Balaban J connectivity index is 1.32. The van der Waals surface area contributed by atoms with E-state index in [-0.39, 0.29) is 45.9 Å². The Morgan fingerprint density at radius 2 is 1.74 bits per heavy atom. The third-order valence-corrected chi connectivity index (χ3v) is 8.08. The van der Waals surface area contributed by atoms with E-state index in [4.69, 9.17) is 16.1 Å². The molecule has 11 heteroatoms. The van der Waals surface area contributed by atoms with Gasteiger partial charge in [0, 0.05) is 55.8 Å². The third kappa shape index (κ3) is 6.72. The van der Waals surface area contributed by atoms with E-state index in [9.17, 15) is 18.4 Å². The van der Waals surface area contributed by atoms with Crippen LogP contribution in [0.15, 0.2) is 75.7 Å². The number of benzene rings is 3. The van der Waals surface area contributed by atoms with Gasteiger partial charge < -0.3 is 14.3 Å². The molecule has 42 heavy (non-hydrogen) atoms. The van der Waals surface area contributed by atoms with Gasteiger partial charge in [-0.2, -0.15) is 0 Å². The zero-order valence-electron chi connectivity index (χ0n) is 22.8. The van der Waals surface area contributed by atoms with Crippen molar-refractivity contribution in [3.8, 4) is 11.3 Å². The SMILES string of the molecule is Cc1onc(-c2c(F)cccc2Cl)c1C(=O)N(CCN1CCN(C(=O)c2cccc(Br)c2)CC1)Cc1ccc(F)cc1. The molecule has 7 nitrogen and oxygen atoms in total. The summed E-state index contributed by atoms with van der Waals surface area (Å²) in [6.45, 7) is 5.03. The second-order valence-electron chi connectivity index (χ2n) is 10.1. The van der Waals surface area contributed by atoms with E-state index in [1.165, 1.54) is 30.3 Å². The molecule has 218 valence electrons. The molecule has 0 unspecified atom stereocenters. The molecule has 1 fully saturated rings. The van der Waals surface area contributed by atoms with Crippen LogP contribution in [-0.2, 0) is 6.54 Å². The first-order valence-electron chi connectivity index (χ1n) is 13.4. The molecule has 0 aliphatic carbocycles. The fourth-order valence-corrected chi connectivity index (χ4v) is 5.63. The smallest absolute Gasteiger partial charge is 0.260 e. The number of halogens is 4. The van der Waals surface area contributed by atoms with Crippen molar-refractivity contribution in [1.29, 1.82) is 0 Å². The van der Waals surface area contributed by atoms with E-state index >= 15 is 0 Å². The lowest BCUT2D eigenvalue weighted by molar-refractivity contribution is 0.0598. The maximum atomic E-state index is 14.8. The minimum absolute atomic E-state index is 0.00710. The molecule has 1 aliphatic heterocycles. The molecule has 2 amide bonds. The maximum Gasteiger partial charge on any atom is 0.260 e. The first-order chi connectivity index (χ1) is 20.2. The van der Waals surface area contributed by atoms with E-state index < -0.39 is 11.7 Å². The van der Waals surface area contributed by atoms with Crippen molar-refractivity contribution in [2.45, 2.75) is 13.5 Å². The highest BCUT2D eigenvalue weighted by Crippen LogP contribution is 2.34. The summed E-state index contributed by atoms with van der Waals surface area (Å²) >= 11 is 9.71. The second kappa shape index (κ2) is 13.1. The minimum Gasteiger partial charge on any atom is -0.360 e. The van der Waals surface area contributed by atoms with E-state index in [1.807, 2.05) is 23.1 Å². The Hall–Kier alpha value is -3.60. The van der Waals surface area contributed by atoms with Gasteiger partial charge >= 0.3 is 0 Å². The highest BCUT2D eigenvalue weighted by molar-refractivity contribution is 9.10. The fourth-order valence-electron chi connectivity index (χ4n) is 4.98. The maximum absolute atomic E-state index is 14.8. The first kappa shape index (κ1) is 29.9. The number of aryl methyl sites for hydroxylation is 1. The van der Waals surface area contributed by atoms with E-state index in [0.29, 0.717) is 44.8 Å².